The monoisotopic (exact) mass is 367 g/mol. The van der Waals surface area contributed by atoms with Crippen molar-refractivity contribution in [2.75, 3.05) is 20.1 Å². The third kappa shape index (κ3) is 19.2. The van der Waals surface area contributed by atoms with Crippen molar-refractivity contribution in [3.8, 4) is 0 Å². The minimum Gasteiger partial charge on any atom is -0.480 e. The number of aliphatic carboxylic acids is 1. The van der Waals surface area contributed by atoms with Crippen LogP contribution in [0.2, 0.25) is 0 Å². The number of likely N-dealkylation sites (N-methyl/N-ethyl adjacent to an activating group) is 1. The molecular weight excluding hydrogens is 326 g/mol. The van der Waals surface area contributed by atoms with Gasteiger partial charge in [-0.1, -0.05) is 70.4 Å². The third-order valence-electron chi connectivity index (χ3n) is 4.57. The highest BCUT2D eigenvalue weighted by Crippen LogP contribution is 2.10. The number of hydrogen-bond acceptors (Lipinski definition) is 3. The van der Waals surface area contributed by atoms with Gasteiger partial charge < -0.3 is 5.11 Å². The Morgan fingerprint density at radius 1 is 0.769 bits per heavy atom. The Morgan fingerprint density at radius 2 is 1.27 bits per heavy atom. The van der Waals surface area contributed by atoms with E-state index in [2.05, 4.69) is 19.1 Å². The van der Waals surface area contributed by atoms with Crippen LogP contribution in [0.15, 0.2) is 12.2 Å². The van der Waals surface area contributed by atoms with Gasteiger partial charge in [-0.05, 0) is 39.2 Å². The molecule has 4 nitrogen and oxygen atoms in total. The number of ketones is 1. The van der Waals surface area contributed by atoms with E-state index in [0.29, 0.717) is 6.42 Å². The molecule has 0 aromatic rings. The highest BCUT2D eigenvalue weighted by Gasteiger charge is 2.09. The van der Waals surface area contributed by atoms with Crippen molar-refractivity contribution < 1.29 is 14.7 Å². The zero-order valence-electron chi connectivity index (χ0n) is 17.2. The minimum absolute atomic E-state index is 0.0713. The molecular formula is C22H41NO3. The first-order valence-electron chi connectivity index (χ1n) is 10.6. The summed E-state index contributed by atoms with van der Waals surface area (Å²) in [5, 5.41) is 8.66. The maximum absolute atomic E-state index is 11.7. The van der Waals surface area contributed by atoms with Gasteiger partial charge in [0.05, 0.1) is 13.1 Å². The van der Waals surface area contributed by atoms with E-state index in [1.165, 1.54) is 70.6 Å². The molecule has 152 valence electrons. The first-order chi connectivity index (χ1) is 12.6. The number of allylic oxidation sites excluding steroid dienone is 2. The molecule has 0 bridgehead atoms. The first kappa shape index (κ1) is 24.8. The summed E-state index contributed by atoms with van der Waals surface area (Å²) in [5.74, 6) is -0.743. The van der Waals surface area contributed by atoms with E-state index in [1.807, 2.05) is 0 Å². The van der Waals surface area contributed by atoms with Gasteiger partial charge in [0.15, 0.2) is 0 Å². The van der Waals surface area contributed by atoms with Gasteiger partial charge in [-0.3, -0.25) is 14.5 Å². The summed E-state index contributed by atoms with van der Waals surface area (Å²) in [7, 11) is 1.67. The smallest absolute Gasteiger partial charge is 0.317 e. The van der Waals surface area contributed by atoms with Crippen LogP contribution >= 0.6 is 0 Å². The van der Waals surface area contributed by atoms with Gasteiger partial charge in [0.2, 0.25) is 0 Å². The van der Waals surface area contributed by atoms with Crippen molar-refractivity contribution in [3.63, 3.8) is 0 Å². The standard InChI is InChI=1S/C22H41NO3/c1-3-4-5-6-7-8-9-10-11-12-13-14-15-16-17-18-21(24)19-23(2)20-22(25)26/h10-11H,3-9,12-20H2,1-2H3,(H,25,26)/b11-10-. The Balaban J connectivity index is 3.31. The van der Waals surface area contributed by atoms with E-state index in [1.54, 1.807) is 11.9 Å². The molecule has 0 saturated heterocycles. The Morgan fingerprint density at radius 3 is 1.81 bits per heavy atom. The first-order valence-corrected chi connectivity index (χ1v) is 10.6. The second-order valence-electron chi connectivity index (χ2n) is 7.44. The molecule has 0 aliphatic heterocycles. The molecule has 0 aliphatic carbocycles. The zero-order chi connectivity index (χ0) is 19.5. The van der Waals surface area contributed by atoms with Gasteiger partial charge in [-0.25, -0.2) is 0 Å². The van der Waals surface area contributed by atoms with Crippen molar-refractivity contribution in [1.29, 1.82) is 0 Å². The zero-order valence-corrected chi connectivity index (χ0v) is 17.2. The highest BCUT2D eigenvalue weighted by molar-refractivity contribution is 5.81. The molecule has 0 atom stereocenters. The molecule has 1 N–H and O–H groups in total. The minimum atomic E-state index is -0.888. The van der Waals surface area contributed by atoms with E-state index in [0.717, 1.165) is 12.8 Å². The topological polar surface area (TPSA) is 57.6 Å². The van der Waals surface area contributed by atoms with Crippen LogP contribution in [0, 0.1) is 0 Å². The van der Waals surface area contributed by atoms with Crippen LogP contribution in [-0.4, -0.2) is 41.9 Å². The van der Waals surface area contributed by atoms with Crippen molar-refractivity contribution in [3.05, 3.63) is 12.2 Å². The lowest BCUT2D eigenvalue weighted by atomic mass is 10.1. The van der Waals surface area contributed by atoms with Crippen LogP contribution in [0.5, 0.6) is 0 Å². The summed E-state index contributed by atoms with van der Waals surface area (Å²) in [4.78, 5) is 23.8. The number of rotatable bonds is 19. The summed E-state index contributed by atoms with van der Waals surface area (Å²) in [6, 6.07) is 0. The number of carbonyl (C=O) groups excluding carboxylic acids is 1. The highest BCUT2D eigenvalue weighted by atomic mass is 16.4. The molecule has 4 heteroatoms. The molecule has 0 aromatic carbocycles. The van der Waals surface area contributed by atoms with Gasteiger partial charge in [-0.2, -0.15) is 0 Å². The fourth-order valence-electron chi connectivity index (χ4n) is 3.06. The van der Waals surface area contributed by atoms with Gasteiger partial charge >= 0.3 is 5.97 Å². The fraction of sp³-hybridized carbons (Fsp3) is 0.818. The number of hydrogen-bond donors (Lipinski definition) is 1. The van der Waals surface area contributed by atoms with Crippen molar-refractivity contribution in [2.45, 2.75) is 96.8 Å². The molecule has 0 aromatic heterocycles. The molecule has 0 radical (unpaired) electrons. The van der Waals surface area contributed by atoms with Gasteiger partial charge in [0, 0.05) is 6.42 Å². The Hall–Kier alpha value is -1.16. The van der Waals surface area contributed by atoms with Crippen molar-refractivity contribution >= 4 is 11.8 Å². The van der Waals surface area contributed by atoms with E-state index in [4.69, 9.17) is 5.11 Å². The SMILES string of the molecule is CCCCCCCC/C=C\CCCCCCCC(=O)CN(C)CC(=O)O. The maximum Gasteiger partial charge on any atom is 0.317 e. The van der Waals surface area contributed by atoms with Crippen molar-refractivity contribution in [1.82, 2.24) is 4.90 Å². The number of carbonyl (C=O) groups is 2. The van der Waals surface area contributed by atoms with E-state index in [-0.39, 0.29) is 18.9 Å². The fourth-order valence-corrected chi connectivity index (χ4v) is 3.06. The van der Waals surface area contributed by atoms with Gasteiger partial charge in [0.25, 0.3) is 0 Å². The normalized spacial score (nSPS) is 11.5. The third-order valence-corrected chi connectivity index (χ3v) is 4.57. The average Bonchev–Trinajstić information content (AvgIpc) is 2.57. The maximum atomic E-state index is 11.7. The predicted octanol–water partition coefficient (Wildman–Crippen LogP) is 5.61. The van der Waals surface area contributed by atoms with Crippen LogP contribution in [0.1, 0.15) is 96.8 Å². The van der Waals surface area contributed by atoms with Crippen LogP contribution in [0.25, 0.3) is 0 Å². The van der Waals surface area contributed by atoms with Gasteiger partial charge in [-0.15, -0.1) is 0 Å². The molecule has 0 aliphatic rings. The lowest BCUT2D eigenvalue weighted by molar-refractivity contribution is -0.138. The summed E-state index contributed by atoms with van der Waals surface area (Å²) in [6.07, 6.45) is 21.5. The number of unbranched alkanes of at least 4 members (excludes halogenated alkanes) is 11. The quantitative estimate of drug-likeness (QED) is 0.238. The van der Waals surface area contributed by atoms with E-state index < -0.39 is 5.97 Å². The number of carboxylic acids is 1. The average molecular weight is 368 g/mol. The Bertz CT molecular complexity index is 380. The number of carboxylic acid groups (broad SMARTS) is 1. The van der Waals surface area contributed by atoms with Crippen LogP contribution in [-0.2, 0) is 9.59 Å². The van der Waals surface area contributed by atoms with E-state index in [9.17, 15) is 9.59 Å². The largest absolute Gasteiger partial charge is 0.480 e. The second-order valence-corrected chi connectivity index (χ2v) is 7.44. The molecule has 0 unspecified atom stereocenters. The molecule has 0 amide bonds. The summed E-state index contributed by atoms with van der Waals surface area (Å²) < 4.78 is 0. The molecule has 26 heavy (non-hydrogen) atoms. The van der Waals surface area contributed by atoms with E-state index >= 15 is 0 Å². The molecule has 0 heterocycles. The Labute approximate surface area is 161 Å². The summed E-state index contributed by atoms with van der Waals surface area (Å²) in [5.41, 5.74) is 0. The predicted molar refractivity (Wildman–Crippen MR) is 110 cm³/mol. The molecule has 0 spiro atoms. The van der Waals surface area contributed by atoms with Crippen LogP contribution in [0.4, 0.5) is 0 Å². The molecule has 0 saturated carbocycles. The van der Waals surface area contributed by atoms with Gasteiger partial charge in [0.1, 0.15) is 5.78 Å². The van der Waals surface area contributed by atoms with Crippen molar-refractivity contribution in [2.24, 2.45) is 0 Å². The van der Waals surface area contributed by atoms with Crippen LogP contribution in [0.3, 0.4) is 0 Å². The lowest BCUT2D eigenvalue weighted by Crippen LogP contribution is -2.30. The number of nitrogens with zero attached hydrogens (tertiary/aromatic N) is 1. The molecule has 0 fully saturated rings. The summed E-state index contributed by atoms with van der Waals surface area (Å²) >= 11 is 0. The lowest BCUT2D eigenvalue weighted by Gasteiger charge is -2.12. The Kier molecular flexibility index (Phi) is 17.8. The number of Topliss-reactive ketones (excluding diaryl/α,β-unsaturated/α-hetero) is 1. The molecule has 0 rings (SSSR count). The summed E-state index contributed by atoms with van der Waals surface area (Å²) in [6.45, 7) is 2.43. The second kappa shape index (κ2) is 18.6. The van der Waals surface area contributed by atoms with Crippen LogP contribution < -0.4 is 0 Å².